The molecular weight excluding hydrogens is 255 g/mol. The Morgan fingerprint density at radius 3 is 2.65 bits per heavy atom. The lowest BCUT2D eigenvalue weighted by Crippen LogP contribution is -2.32. The number of nitrogens with zero attached hydrogens (tertiary/aromatic N) is 1. The van der Waals surface area contributed by atoms with Crippen LogP contribution in [0.2, 0.25) is 0 Å². The van der Waals surface area contributed by atoms with Crippen LogP contribution in [0.5, 0.6) is 0 Å². The van der Waals surface area contributed by atoms with Crippen molar-refractivity contribution in [2.24, 2.45) is 0 Å². The minimum atomic E-state index is -0.328. The fourth-order valence-electron chi connectivity index (χ4n) is 2.70. The number of nitrogens with one attached hydrogen (secondary N) is 1. The SMILES string of the molecule is CCCCCN1C(=O)C(CC)NC1c1ccccc1F. The first-order valence-electron chi connectivity index (χ1n) is 7.50. The number of halogens is 1. The Hall–Kier alpha value is -1.42. The number of hydrogen-bond acceptors (Lipinski definition) is 2. The van der Waals surface area contributed by atoms with Crippen molar-refractivity contribution in [3.63, 3.8) is 0 Å². The molecule has 1 aliphatic rings. The standard InChI is InChI=1S/C16H23FN2O/c1-3-5-8-11-19-15(18-14(4-2)16(19)20)12-9-6-7-10-13(12)17/h6-7,9-10,14-15,18H,3-5,8,11H2,1-2H3. The zero-order valence-corrected chi connectivity index (χ0v) is 12.2. The van der Waals surface area contributed by atoms with Gasteiger partial charge >= 0.3 is 0 Å². The molecule has 1 saturated heterocycles. The summed E-state index contributed by atoms with van der Waals surface area (Å²) in [5.41, 5.74) is 0.563. The Morgan fingerprint density at radius 1 is 1.25 bits per heavy atom. The van der Waals surface area contributed by atoms with Gasteiger partial charge in [-0.05, 0) is 18.9 Å². The monoisotopic (exact) mass is 278 g/mol. The highest BCUT2D eigenvalue weighted by Crippen LogP contribution is 2.28. The van der Waals surface area contributed by atoms with E-state index in [-0.39, 0.29) is 23.9 Å². The highest BCUT2D eigenvalue weighted by atomic mass is 19.1. The molecule has 1 amide bonds. The Bertz CT molecular complexity index is 464. The summed E-state index contributed by atoms with van der Waals surface area (Å²) >= 11 is 0. The molecule has 2 atom stereocenters. The summed E-state index contributed by atoms with van der Waals surface area (Å²) in [6, 6.07) is 6.50. The summed E-state index contributed by atoms with van der Waals surface area (Å²) in [4.78, 5) is 14.2. The largest absolute Gasteiger partial charge is 0.321 e. The molecule has 4 heteroatoms. The molecule has 1 aliphatic heterocycles. The number of carbonyl (C=O) groups excluding carboxylic acids is 1. The first-order valence-corrected chi connectivity index (χ1v) is 7.50. The van der Waals surface area contributed by atoms with Crippen molar-refractivity contribution >= 4 is 5.91 Å². The van der Waals surface area contributed by atoms with Crippen LogP contribution in [-0.4, -0.2) is 23.4 Å². The third-order valence-corrected chi connectivity index (χ3v) is 3.86. The van der Waals surface area contributed by atoms with E-state index in [9.17, 15) is 9.18 Å². The smallest absolute Gasteiger partial charge is 0.241 e. The number of rotatable bonds is 6. The van der Waals surface area contributed by atoms with Gasteiger partial charge in [-0.25, -0.2) is 4.39 Å². The first kappa shape index (κ1) is 15.0. The van der Waals surface area contributed by atoms with Gasteiger partial charge in [0.25, 0.3) is 0 Å². The fraction of sp³-hybridized carbons (Fsp3) is 0.562. The van der Waals surface area contributed by atoms with E-state index in [1.807, 2.05) is 13.0 Å². The number of benzene rings is 1. The van der Waals surface area contributed by atoms with Gasteiger partial charge in [-0.3, -0.25) is 10.1 Å². The second-order valence-corrected chi connectivity index (χ2v) is 5.29. The van der Waals surface area contributed by atoms with Crippen molar-refractivity contribution in [2.75, 3.05) is 6.54 Å². The van der Waals surface area contributed by atoms with Gasteiger partial charge in [-0.1, -0.05) is 44.9 Å². The molecule has 0 spiro atoms. The van der Waals surface area contributed by atoms with E-state index in [1.54, 1.807) is 17.0 Å². The maximum atomic E-state index is 14.0. The molecule has 0 saturated carbocycles. The quantitative estimate of drug-likeness (QED) is 0.810. The lowest BCUT2D eigenvalue weighted by Gasteiger charge is -2.24. The fourth-order valence-corrected chi connectivity index (χ4v) is 2.70. The van der Waals surface area contributed by atoms with Crippen LogP contribution in [0.15, 0.2) is 24.3 Å². The Morgan fingerprint density at radius 2 is 2.00 bits per heavy atom. The highest BCUT2D eigenvalue weighted by Gasteiger charge is 2.39. The minimum Gasteiger partial charge on any atom is -0.321 e. The summed E-state index contributed by atoms with van der Waals surface area (Å²) in [5.74, 6) is -0.160. The average molecular weight is 278 g/mol. The van der Waals surface area contributed by atoms with Gasteiger partial charge in [0, 0.05) is 12.1 Å². The molecule has 110 valence electrons. The number of amides is 1. The van der Waals surface area contributed by atoms with Gasteiger partial charge in [0.05, 0.1) is 6.04 Å². The van der Waals surface area contributed by atoms with E-state index in [0.29, 0.717) is 12.1 Å². The number of hydrogen-bond donors (Lipinski definition) is 1. The predicted molar refractivity (Wildman–Crippen MR) is 77.6 cm³/mol. The maximum absolute atomic E-state index is 14.0. The van der Waals surface area contributed by atoms with Gasteiger partial charge < -0.3 is 4.90 Å². The highest BCUT2D eigenvalue weighted by molar-refractivity contribution is 5.84. The van der Waals surface area contributed by atoms with Crippen LogP contribution in [0.3, 0.4) is 0 Å². The molecule has 2 unspecified atom stereocenters. The minimum absolute atomic E-state index is 0.0943. The summed E-state index contributed by atoms with van der Waals surface area (Å²) in [6.45, 7) is 4.80. The molecule has 20 heavy (non-hydrogen) atoms. The van der Waals surface area contributed by atoms with Crippen LogP contribution in [0.25, 0.3) is 0 Å². The van der Waals surface area contributed by atoms with Gasteiger partial charge in [-0.15, -0.1) is 0 Å². The van der Waals surface area contributed by atoms with Gasteiger partial charge in [0.15, 0.2) is 0 Å². The molecular formula is C16H23FN2O. The Kier molecular flexibility index (Phi) is 5.12. The molecule has 1 heterocycles. The molecule has 1 aromatic carbocycles. The second kappa shape index (κ2) is 6.84. The lowest BCUT2D eigenvalue weighted by molar-refractivity contribution is -0.130. The van der Waals surface area contributed by atoms with Crippen molar-refractivity contribution in [1.29, 1.82) is 0 Å². The summed E-state index contributed by atoms with van der Waals surface area (Å²) in [6.07, 6.45) is 3.56. The van der Waals surface area contributed by atoms with Crippen LogP contribution >= 0.6 is 0 Å². The maximum Gasteiger partial charge on any atom is 0.241 e. The van der Waals surface area contributed by atoms with E-state index in [0.717, 1.165) is 25.7 Å². The van der Waals surface area contributed by atoms with E-state index >= 15 is 0 Å². The number of carbonyl (C=O) groups is 1. The zero-order chi connectivity index (χ0) is 14.5. The number of unbranched alkanes of at least 4 members (excludes halogenated alkanes) is 2. The van der Waals surface area contributed by atoms with E-state index < -0.39 is 0 Å². The van der Waals surface area contributed by atoms with Gasteiger partial charge in [0.1, 0.15) is 12.0 Å². The predicted octanol–water partition coefficient (Wildman–Crippen LogP) is 3.22. The van der Waals surface area contributed by atoms with Gasteiger partial charge in [0.2, 0.25) is 5.91 Å². The molecule has 0 radical (unpaired) electrons. The van der Waals surface area contributed by atoms with Crippen LogP contribution in [0.4, 0.5) is 4.39 Å². The molecule has 1 fully saturated rings. The topological polar surface area (TPSA) is 32.3 Å². The lowest BCUT2D eigenvalue weighted by atomic mass is 10.1. The second-order valence-electron chi connectivity index (χ2n) is 5.29. The van der Waals surface area contributed by atoms with E-state index in [1.165, 1.54) is 6.07 Å². The van der Waals surface area contributed by atoms with E-state index in [2.05, 4.69) is 12.2 Å². The van der Waals surface area contributed by atoms with Crippen LogP contribution < -0.4 is 5.32 Å². The summed E-state index contributed by atoms with van der Waals surface area (Å²) in [5, 5.41) is 3.26. The molecule has 1 aromatic rings. The van der Waals surface area contributed by atoms with E-state index in [4.69, 9.17) is 0 Å². The van der Waals surface area contributed by atoms with Crippen molar-refractivity contribution in [1.82, 2.24) is 10.2 Å². The Balaban J connectivity index is 2.20. The third kappa shape index (κ3) is 3.01. The molecule has 0 aliphatic carbocycles. The van der Waals surface area contributed by atoms with Crippen molar-refractivity contribution in [3.8, 4) is 0 Å². The third-order valence-electron chi connectivity index (χ3n) is 3.86. The first-order chi connectivity index (χ1) is 9.69. The van der Waals surface area contributed by atoms with Crippen molar-refractivity contribution in [2.45, 2.75) is 51.7 Å². The summed E-state index contributed by atoms with van der Waals surface area (Å²) < 4.78 is 14.0. The Labute approximate surface area is 120 Å². The molecule has 2 rings (SSSR count). The summed E-state index contributed by atoms with van der Waals surface area (Å²) in [7, 11) is 0. The van der Waals surface area contributed by atoms with Crippen LogP contribution in [-0.2, 0) is 4.79 Å². The zero-order valence-electron chi connectivity index (χ0n) is 12.2. The van der Waals surface area contributed by atoms with Crippen molar-refractivity contribution in [3.05, 3.63) is 35.6 Å². The van der Waals surface area contributed by atoms with Crippen LogP contribution in [0.1, 0.15) is 51.3 Å². The normalized spacial score (nSPS) is 22.6. The molecule has 1 N–H and O–H groups in total. The molecule has 3 nitrogen and oxygen atoms in total. The van der Waals surface area contributed by atoms with Crippen molar-refractivity contribution < 1.29 is 9.18 Å². The average Bonchev–Trinajstić information content (AvgIpc) is 2.77. The van der Waals surface area contributed by atoms with Crippen LogP contribution in [0, 0.1) is 5.82 Å². The molecule has 0 bridgehead atoms. The van der Waals surface area contributed by atoms with Gasteiger partial charge in [-0.2, -0.15) is 0 Å². The molecule has 0 aromatic heterocycles.